The fourth-order valence-corrected chi connectivity index (χ4v) is 3.66. The Morgan fingerprint density at radius 3 is 2.70 bits per heavy atom. The number of ether oxygens (including phenoxy) is 1. The predicted molar refractivity (Wildman–Crippen MR) is 86.6 cm³/mol. The third-order valence-electron chi connectivity index (χ3n) is 3.20. The number of hydrogen-bond donors (Lipinski definition) is 1. The van der Waals surface area contributed by atoms with Crippen LogP contribution in [-0.2, 0) is 0 Å². The van der Waals surface area contributed by atoms with Crippen LogP contribution < -0.4 is 4.74 Å². The molecule has 102 valence electrons. The lowest BCUT2D eigenvalue weighted by atomic mass is 10.1. The van der Waals surface area contributed by atoms with Crippen molar-refractivity contribution in [2.45, 2.75) is 6.10 Å². The molecule has 0 saturated heterocycles. The summed E-state index contributed by atoms with van der Waals surface area (Å²) in [7, 11) is 1.62. The van der Waals surface area contributed by atoms with Gasteiger partial charge < -0.3 is 9.84 Å². The fraction of sp³-hybridized carbons (Fsp3) is 0.125. The van der Waals surface area contributed by atoms with Gasteiger partial charge in [0.25, 0.3) is 0 Å². The Morgan fingerprint density at radius 2 is 1.95 bits per heavy atom. The molecule has 0 saturated carbocycles. The van der Waals surface area contributed by atoms with E-state index in [4.69, 9.17) is 4.74 Å². The summed E-state index contributed by atoms with van der Waals surface area (Å²) in [5, 5.41) is 11.8. The molecule has 3 rings (SSSR count). The van der Waals surface area contributed by atoms with Gasteiger partial charge in [0.05, 0.1) is 7.11 Å². The number of aliphatic hydroxyl groups excluding tert-OH is 1. The lowest BCUT2D eigenvalue weighted by Crippen LogP contribution is -2.00. The molecular weight excluding hydrogens is 336 g/mol. The van der Waals surface area contributed by atoms with Gasteiger partial charge in [-0.15, -0.1) is 11.3 Å². The van der Waals surface area contributed by atoms with Gasteiger partial charge in [-0.1, -0.05) is 34.1 Å². The van der Waals surface area contributed by atoms with Crippen molar-refractivity contribution in [3.05, 3.63) is 63.4 Å². The van der Waals surface area contributed by atoms with Crippen LogP contribution in [0.2, 0.25) is 0 Å². The zero-order valence-electron chi connectivity index (χ0n) is 10.8. The fourth-order valence-electron chi connectivity index (χ4n) is 2.21. The second-order valence-electron chi connectivity index (χ2n) is 4.48. The first-order chi connectivity index (χ1) is 9.69. The van der Waals surface area contributed by atoms with Crippen molar-refractivity contribution in [2.75, 3.05) is 7.11 Å². The van der Waals surface area contributed by atoms with E-state index < -0.39 is 6.10 Å². The maximum Gasteiger partial charge on any atom is 0.125 e. The van der Waals surface area contributed by atoms with Gasteiger partial charge in [-0.05, 0) is 35.7 Å². The summed E-state index contributed by atoms with van der Waals surface area (Å²) in [5.74, 6) is 0.693. The van der Waals surface area contributed by atoms with E-state index in [1.54, 1.807) is 18.4 Å². The van der Waals surface area contributed by atoms with Crippen molar-refractivity contribution in [1.82, 2.24) is 0 Å². The molecule has 0 aliphatic heterocycles. The van der Waals surface area contributed by atoms with Crippen molar-refractivity contribution in [1.29, 1.82) is 0 Å². The molecule has 0 spiro atoms. The van der Waals surface area contributed by atoms with E-state index in [0.717, 1.165) is 20.3 Å². The molecule has 1 aromatic heterocycles. The zero-order chi connectivity index (χ0) is 14.1. The van der Waals surface area contributed by atoms with Gasteiger partial charge in [-0.2, -0.15) is 0 Å². The normalized spacial score (nSPS) is 12.6. The molecule has 0 amide bonds. The summed E-state index contributed by atoms with van der Waals surface area (Å²) in [4.78, 5) is 0.919. The summed E-state index contributed by atoms with van der Waals surface area (Å²) in [6.45, 7) is 0. The Hall–Kier alpha value is -1.36. The third-order valence-corrected chi connectivity index (χ3v) is 4.86. The van der Waals surface area contributed by atoms with E-state index >= 15 is 0 Å². The van der Waals surface area contributed by atoms with Crippen LogP contribution in [0.5, 0.6) is 5.75 Å². The highest BCUT2D eigenvalue weighted by Gasteiger charge is 2.18. The van der Waals surface area contributed by atoms with Crippen molar-refractivity contribution >= 4 is 37.4 Å². The first kappa shape index (κ1) is 13.6. The SMILES string of the molecule is COc1ccc(Br)cc1C(O)c1cc2ccccc2s1. The second kappa shape index (κ2) is 5.56. The van der Waals surface area contributed by atoms with Gasteiger partial charge in [-0.3, -0.25) is 0 Å². The molecule has 3 aromatic rings. The zero-order valence-corrected chi connectivity index (χ0v) is 13.2. The minimum atomic E-state index is -0.681. The minimum absolute atomic E-state index is 0.681. The molecule has 0 bridgehead atoms. The van der Waals surface area contributed by atoms with Gasteiger partial charge in [0.1, 0.15) is 11.9 Å². The summed E-state index contributed by atoms with van der Waals surface area (Å²) in [6.07, 6.45) is -0.681. The Labute approximate surface area is 129 Å². The Balaban J connectivity index is 2.07. The number of aliphatic hydroxyl groups is 1. The topological polar surface area (TPSA) is 29.5 Å². The highest BCUT2D eigenvalue weighted by molar-refractivity contribution is 9.10. The van der Waals surface area contributed by atoms with Crippen LogP contribution >= 0.6 is 27.3 Å². The third kappa shape index (κ3) is 2.46. The molecule has 20 heavy (non-hydrogen) atoms. The van der Waals surface area contributed by atoms with Crippen LogP contribution in [0.1, 0.15) is 16.5 Å². The quantitative estimate of drug-likeness (QED) is 0.739. The average Bonchev–Trinajstić information content (AvgIpc) is 2.90. The highest BCUT2D eigenvalue weighted by atomic mass is 79.9. The van der Waals surface area contributed by atoms with Crippen LogP contribution in [0, 0.1) is 0 Å². The largest absolute Gasteiger partial charge is 0.496 e. The van der Waals surface area contributed by atoms with Crippen LogP contribution in [0.4, 0.5) is 0 Å². The van der Waals surface area contributed by atoms with Gasteiger partial charge in [0.15, 0.2) is 0 Å². The molecule has 2 nitrogen and oxygen atoms in total. The molecule has 4 heteroatoms. The Morgan fingerprint density at radius 1 is 1.15 bits per heavy atom. The molecule has 0 aliphatic rings. The molecule has 2 aromatic carbocycles. The van der Waals surface area contributed by atoms with Crippen LogP contribution in [0.3, 0.4) is 0 Å². The molecular formula is C16H13BrO2S. The number of methoxy groups -OCH3 is 1. The average molecular weight is 349 g/mol. The number of thiophene rings is 1. The smallest absolute Gasteiger partial charge is 0.125 e. The summed E-state index contributed by atoms with van der Waals surface area (Å²) < 4.78 is 7.44. The van der Waals surface area contributed by atoms with E-state index in [-0.39, 0.29) is 0 Å². The number of halogens is 1. The lowest BCUT2D eigenvalue weighted by molar-refractivity contribution is 0.218. The molecule has 0 fully saturated rings. The van der Waals surface area contributed by atoms with Crippen LogP contribution in [-0.4, -0.2) is 12.2 Å². The monoisotopic (exact) mass is 348 g/mol. The van der Waals surface area contributed by atoms with E-state index in [1.165, 1.54) is 4.70 Å². The molecule has 1 atom stereocenters. The van der Waals surface area contributed by atoms with E-state index in [2.05, 4.69) is 28.1 Å². The Bertz CT molecular complexity index is 718. The maximum atomic E-state index is 10.6. The maximum absolute atomic E-state index is 10.6. The predicted octanol–water partition coefficient (Wildman–Crippen LogP) is 4.75. The molecule has 0 radical (unpaired) electrons. The summed E-state index contributed by atoms with van der Waals surface area (Å²) >= 11 is 5.04. The minimum Gasteiger partial charge on any atom is -0.496 e. The summed E-state index contributed by atoms with van der Waals surface area (Å²) in [5.41, 5.74) is 0.772. The summed E-state index contributed by atoms with van der Waals surface area (Å²) in [6, 6.07) is 15.8. The first-order valence-electron chi connectivity index (χ1n) is 6.19. The van der Waals surface area contributed by atoms with E-state index in [0.29, 0.717) is 5.75 Å². The van der Waals surface area contributed by atoms with E-state index in [1.807, 2.05) is 36.4 Å². The van der Waals surface area contributed by atoms with Gasteiger partial charge in [-0.25, -0.2) is 0 Å². The molecule has 1 unspecified atom stereocenters. The van der Waals surface area contributed by atoms with Crippen molar-refractivity contribution in [2.24, 2.45) is 0 Å². The molecule has 0 aliphatic carbocycles. The van der Waals surface area contributed by atoms with Crippen LogP contribution in [0.15, 0.2) is 53.0 Å². The second-order valence-corrected chi connectivity index (χ2v) is 6.51. The highest BCUT2D eigenvalue weighted by Crippen LogP contribution is 2.37. The van der Waals surface area contributed by atoms with Crippen LogP contribution in [0.25, 0.3) is 10.1 Å². The van der Waals surface area contributed by atoms with Crippen molar-refractivity contribution < 1.29 is 9.84 Å². The standard InChI is InChI=1S/C16H13BrO2S/c1-19-13-7-6-11(17)9-12(13)16(18)15-8-10-4-2-3-5-14(10)20-15/h2-9,16,18H,1H3. The molecule has 1 N–H and O–H groups in total. The van der Waals surface area contributed by atoms with E-state index in [9.17, 15) is 5.11 Å². The van der Waals surface area contributed by atoms with Gasteiger partial charge in [0.2, 0.25) is 0 Å². The lowest BCUT2D eigenvalue weighted by Gasteiger charge is -2.13. The Kier molecular flexibility index (Phi) is 3.78. The van der Waals surface area contributed by atoms with Gasteiger partial charge in [0, 0.05) is 19.6 Å². The van der Waals surface area contributed by atoms with Crippen molar-refractivity contribution in [3.8, 4) is 5.75 Å². The van der Waals surface area contributed by atoms with Crippen molar-refractivity contribution in [3.63, 3.8) is 0 Å². The number of rotatable bonds is 3. The van der Waals surface area contributed by atoms with Gasteiger partial charge >= 0.3 is 0 Å². The number of benzene rings is 2. The number of fused-ring (bicyclic) bond motifs is 1. The number of hydrogen-bond acceptors (Lipinski definition) is 3. The molecule has 1 heterocycles. The first-order valence-corrected chi connectivity index (χ1v) is 7.80.